The molecule has 0 aromatic heterocycles. The van der Waals surface area contributed by atoms with Crippen molar-refractivity contribution in [1.29, 1.82) is 0 Å². The van der Waals surface area contributed by atoms with Crippen molar-refractivity contribution in [2.75, 3.05) is 6.61 Å². The second-order valence-electron chi connectivity index (χ2n) is 4.47. The first-order chi connectivity index (χ1) is 9.36. The van der Waals surface area contributed by atoms with Gasteiger partial charge in [0.1, 0.15) is 6.29 Å². The number of aldehydes is 1. The van der Waals surface area contributed by atoms with E-state index in [1.807, 2.05) is 29.4 Å². The number of hydrogen-bond acceptors (Lipinski definition) is 4. The van der Waals surface area contributed by atoms with Gasteiger partial charge < -0.3 is 5.11 Å². The number of nitrogens with zero attached hydrogens (tertiary/aromatic N) is 2. The van der Waals surface area contributed by atoms with Crippen LogP contribution < -0.4 is 0 Å². The molecule has 1 atom stereocenters. The van der Waals surface area contributed by atoms with Gasteiger partial charge in [-0.1, -0.05) is 24.3 Å². The zero-order chi connectivity index (χ0) is 13.5. The zero-order valence-electron chi connectivity index (χ0n) is 10.8. The van der Waals surface area contributed by atoms with Crippen LogP contribution in [0.15, 0.2) is 41.6 Å². The topological polar surface area (TPSA) is 52.9 Å². The lowest BCUT2D eigenvalue weighted by molar-refractivity contribution is -0.104. The SMILES string of the molecule is O=C/C=C/N1N=Cc2ccccc2C1CCCCO. The van der Waals surface area contributed by atoms with Gasteiger partial charge in [-0.2, -0.15) is 5.10 Å². The van der Waals surface area contributed by atoms with E-state index in [1.165, 1.54) is 11.6 Å². The average molecular weight is 258 g/mol. The first-order valence-corrected chi connectivity index (χ1v) is 6.51. The van der Waals surface area contributed by atoms with E-state index in [4.69, 9.17) is 5.11 Å². The Morgan fingerprint density at radius 1 is 1.32 bits per heavy atom. The Morgan fingerprint density at radius 2 is 2.16 bits per heavy atom. The molecule has 0 amide bonds. The van der Waals surface area contributed by atoms with Gasteiger partial charge in [0.05, 0.1) is 12.3 Å². The number of benzene rings is 1. The van der Waals surface area contributed by atoms with Crippen molar-refractivity contribution in [3.63, 3.8) is 0 Å². The van der Waals surface area contributed by atoms with E-state index in [1.54, 1.807) is 6.20 Å². The summed E-state index contributed by atoms with van der Waals surface area (Å²) in [6.07, 6.45) is 8.32. The Morgan fingerprint density at radius 3 is 2.95 bits per heavy atom. The molecule has 0 radical (unpaired) electrons. The predicted molar refractivity (Wildman–Crippen MR) is 74.8 cm³/mol. The third-order valence-corrected chi connectivity index (χ3v) is 3.21. The molecule has 1 aliphatic heterocycles. The molecule has 2 rings (SSSR count). The summed E-state index contributed by atoms with van der Waals surface area (Å²) in [6.45, 7) is 0.210. The number of unbranched alkanes of at least 4 members (excludes halogenated alkanes) is 1. The van der Waals surface area contributed by atoms with Crippen LogP contribution >= 0.6 is 0 Å². The smallest absolute Gasteiger partial charge is 0.144 e. The molecule has 1 heterocycles. The third-order valence-electron chi connectivity index (χ3n) is 3.21. The Labute approximate surface area is 113 Å². The number of rotatable bonds is 6. The number of hydrogen-bond donors (Lipinski definition) is 1. The lowest BCUT2D eigenvalue weighted by Gasteiger charge is -2.31. The quantitative estimate of drug-likeness (QED) is 0.484. The van der Waals surface area contributed by atoms with Crippen molar-refractivity contribution in [3.8, 4) is 0 Å². The number of hydrazone groups is 1. The van der Waals surface area contributed by atoms with Gasteiger partial charge in [0, 0.05) is 12.8 Å². The van der Waals surface area contributed by atoms with Crippen LogP contribution in [0, 0.1) is 0 Å². The van der Waals surface area contributed by atoms with Crippen molar-refractivity contribution in [1.82, 2.24) is 5.01 Å². The highest BCUT2D eigenvalue weighted by atomic mass is 16.2. The van der Waals surface area contributed by atoms with E-state index in [0.717, 1.165) is 31.1 Å². The van der Waals surface area contributed by atoms with Crippen molar-refractivity contribution >= 4 is 12.5 Å². The lowest BCUT2D eigenvalue weighted by Crippen LogP contribution is -2.23. The van der Waals surface area contributed by atoms with E-state index in [-0.39, 0.29) is 12.6 Å². The van der Waals surface area contributed by atoms with Crippen LogP contribution in [0.4, 0.5) is 0 Å². The van der Waals surface area contributed by atoms with Crippen LogP contribution in [0.1, 0.15) is 36.4 Å². The monoisotopic (exact) mass is 258 g/mol. The molecule has 0 saturated heterocycles. The molecule has 0 saturated carbocycles. The Hall–Kier alpha value is -1.94. The first kappa shape index (κ1) is 13.5. The summed E-state index contributed by atoms with van der Waals surface area (Å²) in [6, 6.07) is 8.26. The highest BCUT2D eigenvalue weighted by molar-refractivity contribution is 5.83. The van der Waals surface area contributed by atoms with Gasteiger partial charge in [-0.3, -0.25) is 9.80 Å². The van der Waals surface area contributed by atoms with Gasteiger partial charge >= 0.3 is 0 Å². The molecular weight excluding hydrogens is 240 g/mol. The van der Waals surface area contributed by atoms with Crippen molar-refractivity contribution in [2.24, 2.45) is 5.10 Å². The molecule has 1 aliphatic rings. The number of carbonyl (C=O) groups excluding carboxylic acids is 1. The fraction of sp³-hybridized carbons (Fsp3) is 0.333. The van der Waals surface area contributed by atoms with E-state index in [9.17, 15) is 4.79 Å². The molecule has 1 N–H and O–H groups in total. The van der Waals surface area contributed by atoms with Gasteiger partial charge in [-0.25, -0.2) is 0 Å². The number of carbonyl (C=O) groups is 1. The first-order valence-electron chi connectivity index (χ1n) is 6.51. The molecule has 0 spiro atoms. The summed E-state index contributed by atoms with van der Waals surface area (Å²) in [5, 5.41) is 15.1. The highest BCUT2D eigenvalue weighted by Gasteiger charge is 2.22. The molecule has 0 fully saturated rings. The molecule has 1 aromatic rings. The highest BCUT2D eigenvalue weighted by Crippen LogP contribution is 2.31. The van der Waals surface area contributed by atoms with Gasteiger partial charge in [0.15, 0.2) is 0 Å². The van der Waals surface area contributed by atoms with Gasteiger partial charge in [-0.15, -0.1) is 0 Å². The second-order valence-corrected chi connectivity index (χ2v) is 4.47. The van der Waals surface area contributed by atoms with Crippen LogP contribution in [-0.4, -0.2) is 29.2 Å². The minimum Gasteiger partial charge on any atom is -0.396 e. The number of aliphatic hydroxyl groups excluding tert-OH is 1. The molecule has 100 valence electrons. The minimum atomic E-state index is 0.129. The molecule has 0 bridgehead atoms. The van der Waals surface area contributed by atoms with Crippen LogP contribution in [-0.2, 0) is 4.79 Å². The minimum absolute atomic E-state index is 0.129. The largest absolute Gasteiger partial charge is 0.396 e. The third kappa shape index (κ3) is 3.29. The predicted octanol–water partition coefficient (Wildman–Crippen LogP) is 2.25. The Bertz CT molecular complexity index is 483. The maximum atomic E-state index is 10.5. The summed E-state index contributed by atoms with van der Waals surface area (Å²) >= 11 is 0. The summed E-state index contributed by atoms with van der Waals surface area (Å²) in [5.41, 5.74) is 2.33. The summed E-state index contributed by atoms with van der Waals surface area (Å²) in [4.78, 5) is 10.5. The van der Waals surface area contributed by atoms with Gasteiger partial charge in [-0.05, 0) is 36.5 Å². The number of allylic oxidation sites excluding steroid dienone is 1. The fourth-order valence-electron chi connectivity index (χ4n) is 2.29. The standard InChI is InChI=1S/C15H18N2O2/c18-10-4-3-8-15-14-7-2-1-6-13(14)12-16-17(15)9-5-11-19/h1-2,5-7,9,11-12,15,18H,3-4,8,10H2/b9-5+. The second kappa shape index (κ2) is 6.85. The summed E-state index contributed by atoms with van der Waals surface area (Å²) < 4.78 is 0. The normalized spacial score (nSPS) is 17.7. The molecule has 1 aromatic carbocycles. The Balaban J connectivity index is 2.21. The molecule has 4 nitrogen and oxygen atoms in total. The van der Waals surface area contributed by atoms with Crippen LogP contribution in [0.25, 0.3) is 0 Å². The van der Waals surface area contributed by atoms with Crippen LogP contribution in [0.5, 0.6) is 0 Å². The molecular formula is C15H18N2O2. The van der Waals surface area contributed by atoms with E-state index < -0.39 is 0 Å². The maximum absolute atomic E-state index is 10.5. The number of aliphatic hydroxyl groups is 1. The van der Waals surface area contributed by atoms with Crippen LogP contribution in [0.2, 0.25) is 0 Å². The Kier molecular flexibility index (Phi) is 4.86. The summed E-state index contributed by atoms with van der Waals surface area (Å²) in [5.74, 6) is 0. The summed E-state index contributed by atoms with van der Waals surface area (Å²) in [7, 11) is 0. The molecule has 4 heteroatoms. The maximum Gasteiger partial charge on any atom is 0.144 e. The zero-order valence-corrected chi connectivity index (χ0v) is 10.8. The van der Waals surface area contributed by atoms with E-state index in [2.05, 4.69) is 11.2 Å². The average Bonchev–Trinajstić information content (AvgIpc) is 2.46. The molecule has 19 heavy (non-hydrogen) atoms. The molecule has 1 unspecified atom stereocenters. The van der Waals surface area contributed by atoms with Gasteiger partial charge in [0.25, 0.3) is 0 Å². The van der Waals surface area contributed by atoms with Crippen molar-refractivity contribution in [2.45, 2.75) is 25.3 Å². The number of fused-ring (bicyclic) bond motifs is 1. The van der Waals surface area contributed by atoms with Crippen molar-refractivity contribution < 1.29 is 9.90 Å². The van der Waals surface area contributed by atoms with Crippen LogP contribution in [0.3, 0.4) is 0 Å². The lowest BCUT2D eigenvalue weighted by atomic mass is 9.95. The van der Waals surface area contributed by atoms with Gasteiger partial charge in [0.2, 0.25) is 0 Å². The van der Waals surface area contributed by atoms with Crippen molar-refractivity contribution in [3.05, 3.63) is 47.7 Å². The fourth-order valence-corrected chi connectivity index (χ4v) is 2.29. The van der Waals surface area contributed by atoms with E-state index in [0.29, 0.717) is 0 Å². The molecule has 0 aliphatic carbocycles. The van der Waals surface area contributed by atoms with E-state index >= 15 is 0 Å².